The van der Waals surface area contributed by atoms with Crippen LogP contribution in [0.15, 0.2) is 24.3 Å². The molecule has 0 saturated carbocycles. The maximum absolute atomic E-state index is 11.4. The molecule has 2 amide bonds. The molecule has 0 aliphatic rings. The molecule has 1 atom stereocenters. The molecule has 5 nitrogen and oxygen atoms in total. The minimum Gasteiger partial charge on any atom is -0.497 e. The number of urea groups is 1. The van der Waals surface area contributed by atoms with E-state index in [0.717, 1.165) is 18.6 Å². The molecule has 1 aromatic carbocycles. The number of aliphatic hydroxyl groups is 1. The summed E-state index contributed by atoms with van der Waals surface area (Å²) in [6.45, 7) is 2.30. The standard InChI is InChI=1S/C14H22N2O3/c1-11(10-17)16-14(18)15-9-3-4-12-5-7-13(19-2)8-6-12/h5-8,11,17H,3-4,9-10H2,1-2H3,(H2,15,16,18). The Morgan fingerprint density at radius 2 is 2.05 bits per heavy atom. The van der Waals surface area contributed by atoms with Gasteiger partial charge in [-0.3, -0.25) is 0 Å². The number of hydrogen-bond donors (Lipinski definition) is 3. The zero-order chi connectivity index (χ0) is 14.1. The lowest BCUT2D eigenvalue weighted by Gasteiger charge is -2.11. The number of benzene rings is 1. The number of amides is 2. The zero-order valence-electron chi connectivity index (χ0n) is 11.5. The molecule has 0 bridgehead atoms. The summed E-state index contributed by atoms with van der Waals surface area (Å²) in [4.78, 5) is 11.4. The normalized spacial score (nSPS) is 11.7. The molecule has 0 aliphatic carbocycles. The van der Waals surface area contributed by atoms with Crippen molar-refractivity contribution < 1.29 is 14.6 Å². The van der Waals surface area contributed by atoms with Crippen molar-refractivity contribution in [2.24, 2.45) is 0 Å². The molecule has 0 radical (unpaired) electrons. The Morgan fingerprint density at radius 3 is 2.63 bits per heavy atom. The van der Waals surface area contributed by atoms with Crippen LogP contribution in [0, 0.1) is 0 Å². The van der Waals surface area contributed by atoms with E-state index in [0.29, 0.717) is 6.54 Å². The third kappa shape index (κ3) is 6.10. The lowest BCUT2D eigenvalue weighted by atomic mass is 10.1. The maximum atomic E-state index is 11.4. The molecule has 5 heteroatoms. The average molecular weight is 266 g/mol. The minimum absolute atomic E-state index is 0.0563. The summed E-state index contributed by atoms with van der Waals surface area (Å²) >= 11 is 0. The van der Waals surface area contributed by atoms with Crippen LogP contribution in [0.5, 0.6) is 5.75 Å². The van der Waals surface area contributed by atoms with Crippen molar-refractivity contribution in [1.29, 1.82) is 0 Å². The molecule has 1 rings (SSSR count). The van der Waals surface area contributed by atoms with E-state index in [4.69, 9.17) is 9.84 Å². The second kappa shape index (κ2) is 8.37. The second-order valence-electron chi connectivity index (χ2n) is 4.44. The third-order valence-electron chi connectivity index (χ3n) is 2.74. The largest absolute Gasteiger partial charge is 0.497 e. The number of aliphatic hydroxyl groups excluding tert-OH is 1. The van der Waals surface area contributed by atoms with Crippen LogP contribution in [0.4, 0.5) is 4.79 Å². The summed E-state index contributed by atoms with van der Waals surface area (Å²) in [5.74, 6) is 0.847. The first-order chi connectivity index (χ1) is 9.15. The first-order valence-electron chi connectivity index (χ1n) is 6.44. The average Bonchev–Trinajstić information content (AvgIpc) is 2.44. The summed E-state index contributed by atoms with van der Waals surface area (Å²) in [5.41, 5.74) is 1.21. The molecule has 0 fully saturated rings. The van der Waals surface area contributed by atoms with Gasteiger partial charge in [-0.05, 0) is 37.5 Å². The summed E-state index contributed by atoms with van der Waals surface area (Å²) in [6.07, 6.45) is 1.77. The Morgan fingerprint density at radius 1 is 1.37 bits per heavy atom. The highest BCUT2D eigenvalue weighted by Crippen LogP contribution is 2.12. The number of carbonyl (C=O) groups is 1. The quantitative estimate of drug-likeness (QED) is 0.652. The maximum Gasteiger partial charge on any atom is 0.315 e. The van der Waals surface area contributed by atoms with E-state index in [1.165, 1.54) is 5.56 Å². The number of rotatable bonds is 7. The van der Waals surface area contributed by atoms with Gasteiger partial charge in [0.2, 0.25) is 0 Å². The summed E-state index contributed by atoms with van der Waals surface area (Å²) in [5, 5.41) is 14.2. The lowest BCUT2D eigenvalue weighted by Crippen LogP contribution is -2.42. The number of ether oxygens (including phenoxy) is 1. The fraction of sp³-hybridized carbons (Fsp3) is 0.500. The van der Waals surface area contributed by atoms with E-state index in [9.17, 15) is 4.79 Å². The van der Waals surface area contributed by atoms with Gasteiger partial charge in [0.05, 0.1) is 19.8 Å². The number of carbonyl (C=O) groups excluding carboxylic acids is 1. The molecule has 0 aromatic heterocycles. The highest BCUT2D eigenvalue weighted by Gasteiger charge is 2.04. The van der Waals surface area contributed by atoms with Crippen LogP contribution < -0.4 is 15.4 Å². The molecule has 1 unspecified atom stereocenters. The Balaban J connectivity index is 2.17. The van der Waals surface area contributed by atoms with Crippen molar-refractivity contribution >= 4 is 6.03 Å². The number of methoxy groups -OCH3 is 1. The van der Waals surface area contributed by atoms with Crippen molar-refractivity contribution in [3.05, 3.63) is 29.8 Å². The minimum atomic E-state index is -0.240. The van der Waals surface area contributed by atoms with Crippen LogP contribution in [0.25, 0.3) is 0 Å². The Kier molecular flexibility index (Phi) is 6.74. The van der Waals surface area contributed by atoms with Crippen LogP contribution in [-0.2, 0) is 6.42 Å². The first-order valence-corrected chi connectivity index (χ1v) is 6.44. The fourth-order valence-electron chi connectivity index (χ4n) is 1.61. The fourth-order valence-corrected chi connectivity index (χ4v) is 1.61. The van der Waals surface area contributed by atoms with E-state index in [-0.39, 0.29) is 18.7 Å². The molecular weight excluding hydrogens is 244 g/mol. The van der Waals surface area contributed by atoms with Gasteiger partial charge in [0.25, 0.3) is 0 Å². The van der Waals surface area contributed by atoms with Gasteiger partial charge in [-0.25, -0.2) is 4.79 Å². The Bertz CT molecular complexity index is 379. The topological polar surface area (TPSA) is 70.6 Å². The van der Waals surface area contributed by atoms with E-state index < -0.39 is 0 Å². The highest BCUT2D eigenvalue weighted by atomic mass is 16.5. The number of nitrogens with one attached hydrogen (secondary N) is 2. The molecule has 3 N–H and O–H groups in total. The molecular formula is C14H22N2O3. The van der Waals surface area contributed by atoms with Crippen molar-refractivity contribution in [3.63, 3.8) is 0 Å². The number of hydrogen-bond acceptors (Lipinski definition) is 3. The van der Waals surface area contributed by atoms with Gasteiger partial charge in [0.1, 0.15) is 5.75 Å². The Hall–Kier alpha value is -1.75. The Labute approximate surface area is 114 Å². The predicted molar refractivity (Wildman–Crippen MR) is 74.4 cm³/mol. The monoisotopic (exact) mass is 266 g/mol. The molecule has 19 heavy (non-hydrogen) atoms. The van der Waals surface area contributed by atoms with Crippen LogP contribution in [0.1, 0.15) is 18.9 Å². The van der Waals surface area contributed by atoms with E-state index in [2.05, 4.69) is 10.6 Å². The van der Waals surface area contributed by atoms with Crippen LogP contribution in [0.2, 0.25) is 0 Å². The van der Waals surface area contributed by atoms with Crippen LogP contribution in [-0.4, -0.2) is 37.4 Å². The molecule has 0 spiro atoms. The number of aryl methyl sites for hydroxylation is 1. The zero-order valence-corrected chi connectivity index (χ0v) is 11.5. The van der Waals surface area contributed by atoms with Gasteiger partial charge < -0.3 is 20.5 Å². The molecule has 0 aliphatic heterocycles. The first kappa shape index (κ1) is 15.3. The van der Waals surface area contributed by atoms with Gasteiger partial charge in [-0.2, -0.15) is 0 Å². The van der Waals surface area contributed by atoms with E-state index in [1.54, 1.807) is 14.0 Å². The second-order valence-corrected chi connectivity index (χ2v) is 4.44. The predicted octanol–water partition coefficient (Wildman–Crippen LogP) is 1.31. The highest BCUT2D eigenvalue weighted by molar-refractivity contribution is 5.74. The van der Waals surface area contributed by atoms with Crippen molar-refractivity contribution in [3.8, 4) is 5.75 Å². The van der Waals surface area contributed by atoms with E-state index in [1.807, 2.05) is 24.3 Å². The molecule has 0 heterocycles. The van der Waals surface area contributed by atoms with Crippen molar-refractivity contribution in [2.75, 3.05) is 20.3 Å². The molecule has 1 aromatic rings. The van der Waals surface area contributed by atoms with Crippen LogP contribution in [0.3, 0.4) is 0 Å². The van der Waals surface area contributed by atoms with Crippen molar-refractivity contribution in [1.82, 2.24) is 10.6 Å². The summed E-state index contributed by atoms with van der Waals surface area (Å²) in [6, 6.07) is 7.44. The third-order valence-corrected chi connectivity index (χ3v) is 2.74. The van der Waals surface area contributed by atoms with Gasteiger partial charge in [0, 0.05) is 6.54 Å². The van der Waals surface area contributed by atoms with Gasteiger partial charge >= 0.3 is 6.03 Å². The van der Waals surface area contributed by atoms with Gasteiger partial charge in [-0.1, -0.05) is 12.1 Å². The summed E-state index contributed by atoms with van der Waals surface area (Å²) < 4.78 is 5.09. The van der Waals surface area contributed by atoms with Crippen molar-refractivity contribution in [2.45, 2.75) is 25.8 Å². The van der Waals surface area contributed by atoms with Gasteiger partial charge in [0.15, 0.2) is 0 Å². The molecule has 0 saturated heterocycles. The SMILES string of the molecule is COc1ccc(CCCNC(=O)NC(C)CO)cc1. The van der Waals surface area contributed by atoms with Gasteiger partial charge in [-0.15, -0.1) is 0 Å². The lowest BCUT2D eigenvalue weighted by molar-refractivity contribution is 0.220. The van der Waals surface area contributed by atoms with E-state index >= 15 is 0 Å². The summed E-state index contributed by atoms with van der Waals surface area (Å²) in [7, 11) is 1.64. The van der Waals surface area contributed by atoms with Crippen LogP contribution >= 0.6 is 0 Å². The smallest absolute Gasteiger partial charge is 0.315 e. The molecule has 106 valence electrons.